The molecule has 0 saturated carbocycles. The summed E-state index contributed by atoms with van der Waals surface area (Å²) in [6, 6.07) is 13.4. The highest BCUT2D eigenvalue weighted by atomic mass is 32.2. The number of nitrogens with zero attached hydrogens (tertiary/aromatic N) is 4. The van der Waals surface area contributed by atoms with Crippen LogP contribution >= 0.6 is 11.8 Å². The van der Waals surface area contributed by atoms with Crippen molar-refractivity contribution in [3.8, 4) is 11.4 Å². The van der Waals surface area contributed by atoms with Gasteiger partial charge in [-0.3, -0.25) is 19.5 Å². The van der Waals surface area contributed by atoms with Crippen LogP contribution in [0.1, 0.15) is 15.9 Å². The molecular weight excluding hydrogens is 378 g/mol. The van der Waals surface area contributed by atoms with Crippen LogP contribution in [0.3, 0.4) is 0 Å². The molecule has 0 radical (unpaired) electrons. The van der Waals surface area contributed by atoms with Gasteiger partial charge < -0.3 is 5.73 Å². The molecule has 0 aliphatic carbocycles. The van der Waals surface area contributed by atoms with Gasteiger partial charge in [-0.25, -0.2) is 0 Å². The van der Waals surface area contributed by atoms with Gasteiger partial charge in [0.15, 0.2) is 11.0 Å². The molecule has 0 saturated heterocycles. The molecule has 2 N–H and O–H groups in total. The number of para-hydroxylation sites is 1. The summed E-state index contributed by atoms with van der Waals surface area (Å²) in [7, 11) is 0. The van der Waals surface area contributed by atoms with Crippen molar-refractivity contribution in [3.63, 3.8) is 0 Å². The van der Waals surface area contributed by atoms with E-state index >= 15 is 0 Å². The number of amides is 1. The van der Waals surface area contributed by atoms with Crippen LogP contribution in [0.5, 0.6) is 0 Å². The molecule has 0 aliphatic rings. The minimum Gasteiger partial charge on any atom is -0.366 e. The maximum Gasteiger partial charge on any atom is 0.280 e. The SMILES string of the molecule is C=CCn1c(SCc2ccc(C(N)=O)cc2)nnc1-c1ccccc1[N+](=O)[O-]. The van der Waals surface area contributed by atoms with Crippen LogP contribution in [0.4, 0.5) is 5.69 Å². The van der Waals surface area contributed by atoms with Gasteiger partial charge in [-0.05, 0) is 23.8 Å². The van der Waals surface area contributed by atoms with Gasteiger partial charge in [0.1, 0.15) is 0 Å². The smallest absolute Gasteiger partial charge is 0.280 e. The standard InChI is InChI=1S/C19H17N5O3S/c1-2-11-23-18(15-5-3-4-6-16(15)24(26)27)21-22-19(23)28-12-13-7-9-14(10-8-13)17(20)25/h2-10H,1,11-12H2,(H2,20,25). The summed E-state index contributed by atoms with van der Waals surface area (Å²) in [6.45, 7) is 4.16. The summed E-state index contributed by atoms with van der Waals surface area (Å²) in [5, 5.41) is 20.3. The van der Waals surface area contributed by atoms with E-state index in [1.165, 1.54) is 17.8 Å². The van der Waals surface area contributed by atoms with Crippen molar-refractivity contribution in [2.24, 2.45) is 5.73 Å². The van der Waals surface area contributed by atoms with Crippen LogP contribution in [-0.4, -0.2) is 25.6 Å². The lowest BCUT2D eigenvalue weighted by Crippen LogP contribution is -2.10. The van der Waals surface area contributed by atoms with Crippen LogP contribution < -0.4 is 5.73 Å². The predicted molar refractivity (Wildman–Crippen MR) is 107 cm³/mol. The molecule has 0 unspecified atom stereocenters. The Kier molecular flexibility index (Phi) is 5.85. The van der Waals surface area contributed by atoms with Gasteiger partial charge in [0.25, 0.3) is 5.69 Å². The highest BCUT2D eigenvalue weighted by molar-refractivity contribution is 7.98. The minimum absolute atomic E-state index is 0.0289. The lowest BCUT2D eigenvalue weighted by atomic mass is 10.1. The van der Waals surface area contributed by atoms with E-state index < -0.39 is 10.8 Å². The van der Waals surface area contributed by atoms with Crippen LogP contribution in [0.15, 0.2) is 66.3 Å². The number of carbonyl (C=O) groups excluding carboxylic acids is 1. The Bertz CT molecular complexity index is 1030. The Balaban J connectivity index is 1.88. The first kappa shape index (κ1) is 19.3. The molecule has 3 rings (SSSR count). The summed E-state index contributed by atoms with van der Waals surface area (Å²) in [4.78, 5) is 22.1. The van der Waals surface area contributed by atoms with Crippen LogP contribution in [0.25, 0.3) is 11.4 Å². The lowest BCUT2D eigenvalue weighted by Gasteiger charge is -2.08. The number of hydrogen-bond donors (Lipinski definition) is 1. The number of nitro benzene ring substituents is 1. The summed E-state index contributed by atoms with van der Waals surface area (Å²) < 4.78 is 1.79. The van der Waals surface area contributed by atoms with Crippen molar-refractivity contribution in [2.75, 3.05) is 0 Å². The van der Waals surface area contributed by atoms with Crippen LogP contribution in [0, 0.1) is 10.1 Å². The van der Waals surface area contributed by atoms with Gasteiger partial charge in [0.2, 0.25) is 5.91 Å². The molecule has 0 aliphatic heterocycles. The molecular formula is C19H17N5O3S. The zero-order chi connectivity index (χ0) is 20.1. The van der Waals surface area contributed by atoms with Crippen LogP contribution in [0.2, 0.25) is 0 Å². The Morgan fingerprint density at radius 2 is 1.93 bits per heavy atom. The van der Waals surface area contributed by atoms with Gasteiger partial charge in [-0.1, -0.05) is 42.1 Å². The topological polar surface area (TPSA) is 117 Å². The largest absolute Gasteiger partial charge is 0.366 e. The van der Waals surface area contributed by atoms with E-state index in [2.05, 4.69) is 16.8 Å². The Labute approximate surface area is 165 Å². The fourth-order valence-corrected chi connectivity index (χ4v) is 3.53. The molecule has 0 fully saturated rings. The van der Waals surface area contributed by atoms with Crippen molar-refractivity contribution in [2.45, 2.75) is 17.5 Å². The normalized spacial score (nSPS) is 10.6. The van der Waals surface area contributed by atoms with E-state index in [9.17, 15) is 14.9 Å². The number of aromatic nitrogens is 3. The molecule has 9 heteroatoms. The average molecular weight is 395 g/mol. The maximum atomic E-state index is 11.3. The molecule has 3 aromatic rings. The second kappa shape index (κ2) is 8.49. The van der Waals surface area contributed by atoms with Gasteiger partial charge in [-0.2, -0.15) is 0 Å². The molecule has 1 heterocycles. The van der Waals surface area contributed by atoms with E-state index in [0.717, 1.165) is 5.56 Å². The van der Waals surface area contributed by atoms with Crippen LogP contribution in [-0.2, 0) is 12.3 Å². The number of hydrogen-bond acceptors (Lipinski definition) is 6. The molecule has 1 amide bonds. The molecule has 142 valence electrons. The van der Waals surface area contributed by atoms with Crippen molar-refractivity contribution in [1.82, 2.24) is 14.8 Å². The summed E-state index contributed by atoms with van der Waals surface area (Å²) in [6.07, 6.45) is 1.69. The lowest BCUT2D eigenvalue weighted by molar-refractivity contribution is -0.384. The summed E-state index contributed by atoms with van der Waals surface area (Å²) in [5.74, 6) is 0.531. The Hall–Kier alpha value is -3.46. The number of allylic oxidation sites excluding steroid dienone is 1. The quantitative estimate of drug-likeness (QED) is 0.270. The van der Waals surface area contributed by atoms with Crippen molar-refractivity contribution >= 4 is 23.4 Å². The fourth-order valence-electron chi connectivity index (χ4n) is 2.62. The number of primary amides is 1. The number of nitro groups is 1. The van der Waals surface area contributed by atoms with Crippen molar-refractivity contribution in [1.29, 1.82) is 0 Å². The zero-order valence-corrected chi connectivity index (χ0v) is 15.6. The molecule has 0 bridgehead atoms. The average Bonchev–Trinajstić information content (AvgIpc) is 3.09. The van der Waals surface area contributed by atoms with E-state index in [1.807, 2.05) is 12.1 Å². The molecule has 1 aromatic heterocycles. The molecule has 0 spiro atoms. The molecule has 8 nitrogen and oxygen atoms in total. The zero-order valence-electron chi connectivity index (χ0n) is 14.8. The monoisotopic (exact) mass is 395 g/mol. The predicted octanol–water partition coefficient (Wildman–Crippen LogP) is 3.43. The third-order valence-corrected chi connectivity index (χ3v) is 5.01. The number of rotatable bonds is 8. The Morgan fingerprint density at radius 3 is 2.57 bits per heavy atom. The first-order chi connectivity index (χ1) is 13.5. The highest BCUT2D eigenvalue weighted by Gasteiger charge is 2.21. The van der Waals surface area contributed by atoms with Gasteiger partial charge >= 0.3 is 0 Å². The first-order valence-corrected chi connectivity index (χ1v) is 9.29. The molecule has 0 atom stereocenters. The minimum atomic E-state index is -0.473. The van der Waals surface area contributed by atoms with Gasteiger partial charge in [0, 0.05) is 23.9 Å². The second-order valence-corrected chi connectivity index (χ2v) is 6.77. The fraction of sp³-hybridized carbons (Fsp3) is 0.105. The van der Waals surface area contributed by atoms with Gasteiger partial charge in [0.05, 0.1) is 10.5 Å². The summed E-state index contributed by atoms with van der Waals surface area (Å²) in [5.41, 5.74) is 7.05. The number of thioether (sulfide) groups is 1. The third-order valence-electron chi connectivity index (χ3n) is 3.98. The van der Waals surface area contributed by atoms with Gasteiger partial charge in [-0.15, -0.1) is 16.8 Å². The van der Waals surface area contributed by atoms with Crippen molar-refractivity contribution in [3.05, 3.63) is 82.4 Å². The van der Waals surface area contributed by atoms with E-state index in [0.29, 0.717) is 34.4 Å². The number of benzene rings is 2. The molecule has 2 aromatic carbocycles. The number of carbonyl (C=O) groups is 1. The third kappa shape index (κ3) is 4.09. The maximum absolute atomic E-state index is 11.3. The van der Waals surface area contributed by atoms with Crippen molar-refractivity contribution < 1.29 is 9.72 Å². The van der Waals surface area contributed by atoms with E-state index in [4.69, 9.17) is 5.73 Å². The number of nitrogens with two attached hydrogens (primary N) is 1. The summed E-state index contributed by atoms with van der Waals surface area (Å²) >= 11 is 1.44. The van der Waals surface area contributed by atoms with E-state index in [-0.39, 0.29) is 5.69 Å². The first-order valence-electron chi connectivity index (χ1n) is 8.30. The highest BCUT2D eigenvalue weighted by Crippen LogP contribution is 2.31. The Morgan fingerprint density at radius 1 is 1.21 bits per heavy atom. The molecule has 28 heavy (non-hydrogen) atoms. The second-order valence-electron chi connectivity index (χ2n) is 5.83. The van der Waals surface area contributed by atoms with E-state index in [1.54, 1.807) is 41.0 Å².